The smallest absolute Gasteiger partial charge is 0.132 e. The lowest BCUT2D eigenvalue weighted by molar-refractivity contribution is -0.119. The van der Waals surface area contributed by atoms with Crippen LogP contribution in [0, 0.1) is 5.92 Å². The lowest BCUT2D eigenvalue weighted by atomic mass is 9.93. The SMILES string of the molecule is CCCCC(=O)CCC(CCC)CCN. The Morgan fingerprint density at radius 3 is 2.33 bits per heavy atom. The van der Waals surface area contributed by atoms with Crippen molar-refractivity contribution < 1.29 is 4.79 Å². The van der Waals surface area contributed by atoms with E-state index in [9.17, 15) is 4.79 Å². The van der Waals surface area contributed by atoms with E-state index in [2.05, 4.69) is 13.8 Å². The van der Waals surface area contributed by atoms with Crippen molar-refractivity contribution in [3.63, 3.8) is 0 Å². The highest BCUT2D eigenvalue weighted by Crippen LogP contribution is 2.17. The summed E-state index contributed by atoms with van der Waals surface area (Å²) in [5.41, 5.74) is 5.56. The molecular formula is C13H27NO. The normalized spacial score (nSPS) is 12.7. The van der Waals surface area contributed by atoms with Crippen molar-refractivity contribution in [3.8, 4) is 0 Å². The Hall–Kier alpha value is -0.370. The zero-order valence-electron chi connectivity index (χ0n) is 10.4. The molecule has 0 aliphatic rings. The third-order valence-electron chi connectivity index (χ3n) is 2.91. The predicted octanol–water partition coefficient (Wildman–Crippen LogP) is 3.29. The molecule has 0 saturated carbocycles. The highest BCUT2D eigenvalue weighted by atomic mass is 16.1. The molecule has 0 bridgehead atoms. The van der Waals surface area contributed by atoms with Crippen LogP contribution in [0.3, 0.4) is 0 Å². The molecule has 1 atom stereocenters. The summed E-state index contributed by atoms with van der Waals surface area (Å²) in [6.45, 7) is 5.08. The summed E-state index contributed by atoms with van der Waals surface area (Å²) in [7, 11) is 0. The molecule has 1 unspecified atom stereocenters. The van der Waals surface area contributed by atoms with Crippen molar-refractivity contribution in [3.05, 3.63) is 0 Å². The summed E-state index contributed by atoms with van der Waals surface area (Å²) >= 11 is 0. The Labute approximate surface area is 94.6 Å². The van der Waals surface area contributed by atoms with E-state index in [4.69, 9.17) is 5.73 Å². The fraction of sp³-hybridized carbons (Fsp3) is 0.923. The summed E-state index contributed by atoms with van der Waals surface area (Å²) < 4.78 is 0. The maximum absolute atomic E-state index is 11.5. The lowest BCUT2D eigenvalue weighted by Crippen LogP contribution is -2.10. The molecular weight excluding hydrogens is 186 g/mol. The van der Waals surface area contributed by atoms with E-state index in [1.807, 2.05) is 0 Å². The van der Waals surface area contributed by atoms with E-state index in [1.165, 1.54) is 12.8 Å². The molecule has 2 heteroatoms. The van der Waals surface area contributed by atoms with Gasteiger partial charge in [-0.3, -0.25) is 4.79 Å². The minimum Gasteiger partial charge on any atom is -0.330 e. The van der Waals surface area contributed by atoms with Gasteiger partial charge in [-0.05, 0) is 31.7 Å². The van der Waals surface area contributed by atoms with Gasteiger partial charge in [0.15, 0.2) is 0 Å². The quantitative estimate of drug-likeness (QED) is 0.605. The highest BCUT2D eigenvalue weighted by molar-refractivity contribution is 5.78. The summed E-state index contributed by atoms with van der Waals surface area (Å²) in [5.74, 6) is 1.11. The third-order valence-corrected chi connectivity index (χ3v) is 2.91. The van der Waals surface area contributed by atoms with E-state index in [0.717, 1.165) is 45.1 Å². The highest BCUT2D eigenvalue weighted by Gasteiger charge is 2.09. The molecule has 0 aliphatic carbocycles. The van der Waals surface area contributed by atoms with Gasteiger partial charge in [-0.1, -0.05) is 33.1 Å². The molecule has 2 nitrogen and oxygen atoms in total. The number of Topliss-reactive ketones (excluding diaryl/α,β-unsaturated/α-hetero) is 1. The van der Waals surface area contributed by atoms with Crippen molar-refractivity contribution in [1.29, 1.82) is 0 Å². The Balaban J connectivity index is 3.62. The number of carbonyl (C=O) groups is 1. The van der Waals surface area contributed by atoms with Crippen LogP contribution >= 0.6 is 0 Å². The molecule has 0 saturated heterocycles. The Morgan fingerprint density at radius 1 is 1.07 bits per heavy atom. The lowest BCUT2D eigenvalue weighted by Gasteiger charge is -2.14. The third kappa shape index (κ3) is 8.61. The molecule has 0 rings (SSSR count). The van der Waals surface area contributed by atoms with Gasteiger partial charge >= 0.3 is 0 Å². The van der Waals surface area contributed by atoms with Crippen molar-refractivity contribution >= 4 is 5.78 Å². The largest absolute Gasteiger partial charge is 0.330 e. The Bertz CT molecular complexity index is 151. The molecule has 0 aliphatic heterocycles. The van der Waals surface area contributed by atoms with Crippen LogP contribution in [0.2, 0.25) is 0 Å². The number of unbranched alkanes of at least 4 members (excludes halogenated alkanes) is 1. The summed E-state index contributed by atoms with van der Waals surface area (Å²) in [5, 5.41) is 0. The molecule has 0 fully saturated rings. The Morgan fingerprint density at radius 2 is 1.80 bits per heavy atom. The van der Waals surface area contributed by atoms with Gasteiger partial charge in [0.05, 0.1) is 0 Å². The van der Waals surface area contributed by atoms with Gasteiger partial charge in [0.25, 0.3) is 0 Å². The van der Waals surface area contributed by atoms with E-state index >= 15 is 0 Å². The number of nitrogens with two attached hydrogens (primary N) is 1. The van der Waals surface area contributed by atoms with E-state index in [1.54, 1.807) is 0 Å². The van der Waals surface area contributed by atoms with Gasteiger partial charge in [-0.2, -0.15) is 0 Å². The fourth-order valence-corrected chi connectivity index (χ4v) is 1.94. The topological polar surface area (TPSA) is 43.1 Å². The number of hydrogen-bond acceptors (Lipinski definition) is 2. The maximum Gasteiger partial charge on any atom is 0.132 e. The number of ketones is 1. The van der Waals surface area contributed by atoms with Crippen LogP contribution in [-0.4, -0.2) is 12.3 Å². The first kappa shape index (κ1) is 14.6. The Kier molecular flexibility index (Phi) is 9.91. The molecule has 0 spiro atoms. The molecule has 0 aromatic rings. The molecule has 0 heterocycles. The van der Waals surface area contributed by atoms with Gasteiger partial charge in [-0.25, -0.2) is 0 Å². The van der Waals surface area contributed by atoms with Crippen LogP contribution < -0.4 is 5.73 Å². The van der Waals surface area contributed by atoms with Gasteiger partial charge < -0.3 is 5.73 Å². The summed E-state index contributed by atoms with van der Waals surface area (Å²) in [6.07, 6.45) is 8.26. The monoisotopic (exact) mass is 213 g/mol. The molecule has 15 heavy (non-hydrogen) atoms. The minimum atomic E-state index is 0.440. The van der Waals surface area contributed by atoms with Crippen LogP contribution in [0.4, 0.5) is 0 Å². The van der Waals surface area contributed by atoms with Crippen LogP contribution in [0.25, 0.3) is 0 Å². The second-order valence-electron chi connectivity index (χ2n) is 4.41. The van der Waals surface area contributed by atoms with Crippen LogP contribution in [0.5, 0.6) is 0 Å². The average molecular weight is 213 g/mol. The van der Waals surface area contributed by atoms with Gasteiger partial charge in [0.1, 0.15) is 5.78 Å². The first-order valence-electron chi connectivity index (χ1n) is 6.46. The van der Waals surface area contributed by atoms with E-state index in [0.29, 0.717) is 11.7 Å². The minimum absolute atomic E-state index is 0.440. The zero-order chi connectivity index (χ0) is 11.5. The van der Waals surface area contributed by atoms with Crippen molar-refractivity contribution in [1.82, 2.24) is 0 Å². The first-order chi connectivity index (χ1) is 7.24. The summed E-state index contributed by atoms with van der Waals surface area (Å²) in [6, 6.07) is 0. The first-order valence-corrected chi connectivity index (χ1v) is 6.46. The van der Waals surface area contributed by atoms with Crippen molar-refractivity contribution in [2.45, 2.75) is 65.2 Å². The standard InChI is InChI=1S/C13H27NO/c1-3-5-7-13(15)9-8-12(6-4-2)10-11-14/h12H,3-11,14H2,1-2H3. The number of rotatable bonds is 10. The van der Waals surface area contributed by atoms with Crippen molar-refractivity contribution in [2.75, 3.05) is 6.54 Å². The van der Waals surface area contributed by atoms with Crippen LogP contribution in [0.15, 0.2) is 0 Å². The predicted molar refractivity (Wildman–Crippen MR) is 65.8 cm³/mol. The molecule has 0 aromatic carbocycles. The zero-order valence-corrected chi connectivity index (χ0v) is 10.4. The van der Waals surface area contributed by atoms with Gasteiger partial charge in [-0.15, -0.1) is 0 Å². The second kappa shape index (κ2) is 10.2. The second-order valence-corrected chi connectivity index (χ2v) is 4.41. The van der Waals surface area contributed by atoms with Crippen LogP contribution in [0.1, 0.15) is 65.2 Å². The van der Waals surface area contributed by atoms with Gasteiger partial charge in [0, 0.05) is 12.8 Å². The summed E-state index contributed by atoms with van der Waals surface area (Å²) in [4.78, 5) is 11.5. The molecule has 0 radical (unpaired) electrons. The number of carbonyl (C=O) groups excluding carboxylic acids is 1. The molecule has 90 valence electrons. The van der Waals surface area contributed by atoms with E-state index < -0.39 is 0 Å². The average Bonchev–Trinajstić information content (AvgIpc) is 2.23. The number of hydrogen-bond donors (Lipinski definition) is 1. The maximum atomic E-state index is 11.5. The van der Waals surface area contributed by atoms with E-state index in [-0.39, 0.29) is 0 Å². The fourth-order valence-electron chi connectivity index (χ4n) is 1.94. The van der Waals surface area contributed by atoms with Gasteiger partial charge in [0.2, 0.25) is 0 Å². The van der Waals surface area contributed by atoms with Crippen molar-refractivity contribution in [2.24, 2.45) is 11.7 Å². The molecule has 0 aromatic heterocycles. The van der Waals surface area contributed by atoms with Crippen LogP contribution in [-0.2, 0) is 4.79 Å². The molecule has 2 N–H and O–H groups in total. The molecule has 0 amide bonds.